The smallest absolute Gasteiger partial charge is 0.183 e. The second-order valence-electron chi connectivity index (χ2n) is 14.1. The Bertz CT molecular complexity index is 2380. The Morgan fingerprint density at radius 1 is 0.604 bits per heavy atom. The van der Waals surface area contributed by atoms with E-state index in [1.54, 1.807) is 18.4 Å². The number of aromatic nitrogens is 2. The molecule has 0 bridgehead atoms. The second kappa shape index (κ2) is 10.2. The summed E-state index contributed by atoms with van der Waals surface area (Å²) < 4.78 is 3.73. The Morgan fingerprint density at radius 2 is 1.27 bits per heavy atom. The van der Waals surface area contributed by atoms with E-state index in [-0.39, 0.29) is 44.6 Å². The summed E-state index contributed by atoms with van der Waals surface area (Å²) in [5.41, 5.74) is 7.19. The van der Waals surface area contributed by atoms with E-state index < -0.39 is 17.2 Å². The van der Waals surface area contributed by atoms with Gasteiger partial charge in [-0.3, -0.25) is 0 Å². The highest BCUT2D eigenvalue weighted by molar-refractivity contribution is 6.38. The number of aryl methyl sites for hydroxylation is 2. The van der Waals surface area contributed by atoms with Crippen molar-refractivity contribution in [3.63, 3.8) is 0 Å². The zero-order chi connectivity index (χ0) is 34.9. The summed E-state index contributed by atoms with van der Waals surface area (Å²) in [6.45, 7) is 13.2. The molecule has 10 heteroatoms. The van der Waals surface area contributed by atoms with E-state index >= 15 is 0 Å². The topological polar surface area (TPSA) is 131 Å². The summed E-state index contributed by atoms with van der Waals surface area (Å²) in [5.74, 6) is -2.07. The van der Waals surface area contributed by atoms with Gasteiger partial charge in [0.05, 0.1) is 21.8 Å². The molecule has 4 radical (unpaired) electrons. The van der Waals surface area contributed by atoms with E-state index in [4.69, 9.17) is 15.7 Å². The van der Waals surface area contributed by atoms with Crippen LogP contribution in [0.25, 0.3) is 50.2 Å². The van der Waals surface area contributed by atoms with Gasteiger partial charge < -0.3 is 39.8 Å². The molecule has 48 heavy (non-hydrogen) atoms. The number of phenolic OH excluding ortho intramolecular Hbond substituents is 6. The van der Waals surface area contributed by atoms with Crippen LogP contribution in [0.3, 0.4) is 0 Å². The monoisotopic (exact) mass is 638 g/mol. The van der Waals surface area contributed by atoms with Crippen molar-refractivity contribution >= 4 is 71.1 Å². The fourth-order valence-corrected chi connectivity index (χ4v) is 7.46. The third-order valence-corrected chi connectivity index (χ3v) is 10.3. The molecule has 0 saturated carbocycles. The predicted molar refractivity (Wildman–Crippen MR) is 194 cm³/mol. The number of nitrogens with zero attached hydrogens (tertiary/aromatic N) is 2. The van der Waals surface area contributed by atoms with Gasteiger partial charge in [-0.25, -0.2) is 0 Å². The van der Waals surface area contributed by atoms with Gasteiger partial charge in [0.2, 0.25) is 0 Å². The molecule has 2 heterocycles. The Morgan fingerprint density at radius 3 is 1.94 bits per heavy atom. The number of benzene rings is 4. The number of hydrogen-bond acceptors (Lipinski definition) is 6. The quantitative estimate of drug-likeness (QED) is 0.0780. The Balaban J connectivity index is 1.66. The number of allylic oxidation sites excluding steroid dienone is 1. The van der Waals surface area contributed by atoms with E-state index in [1.807, 2.05) is 25.1 Å². The molecule has 6 aromatic rings. The van der Waals surface area contributed by atoms with E-state index in [9.17, 15) is 30.6 Å². The van der Waals surface area contributed by atoms with Gasteiger partial charge in [0.25, 0.3) is 0 Å². The first-order valence-electron chi connectivity index (χ1n) is 15.9. The van der Waals surface area contributed by atoms with Crippen molar-refractivity contribution in [2.24, 2.45) is 0 Å². The lowest BCUT2D eigenvalue weighted by atomic mass is 9.84. The maximum atomic E-state index is 11.6. The van der Waals surface area contributed by atoms with Crippen molar-refractivity contribution in [1.82, 2.24) is 9.13 Å². The summed E-state index contributed by atoms with van der Waals surface area (Å²) in [5, 5.41) is 68.9. The van der Waals surface area contributed by atoms with Crippen LogP contribution in [0.4, 0.5) is 0 Å². The molecule has 0 atom stereocenters. The lowest BCUT2D eigenvalue weighted by Gasteiger charge is -2.23. The minimum Gasteiger partial charge on any atom is -0.507 e. The van der Waals surface area contributed by atoms with Crippen molar-refractivity contribution in [1.29, 1.82) is 0 Å². The largest absolute Gasteiger partial charge is 0.507 e. The number of phenols is 6. The van der Waals surface area contributed by atoms with Crippen molar-refractivity contribution in [3.05, 3.63) is 63.3 Å². The molecular weight excluding hydrogens is 602 g/mol. The summed E-state index contributed by atoms with van der Waals surface area (Å²) in [4.78, 5) is 0. The van der Waals surface area contributed by atoms with E-state index in [0.29, 0.717) is 68.1 Å². The minimum absolute atomic E-state index is 0.0781. The first-order valence-corrected chi connectivity index (χ1v) is 15.9. The molecule has 7 rings (SSSR count). The van der Waals surface area contributed by atoms with E-state index in [0.717, 1.165) is 16.9 Å². The van der Waals surface area contributed by atoms with Gasteiger partial charge in [0.15, 0.2) is 23.0 Å². The molecule has 2 aromatic heterocycles. The molecule has 0 unspecified atom stereocenters. The first-order chi connectivity index (χ1) is 22.5. The predicted octanol–water partition coefficient (Wildman–Crippen LogP) is 6.04. The van der Waals surface area contributed by atoms with Gasteiger partial charge in [-0.1, -0.05) is 38.4 Å². The van der Waals surface area contributed by atoms with Crippen molar-refractivity contribution in [2.45, 2.75) is 66.7 Å². The molecule has 0 aliphatic heterocycles. The summed E-state index contributed by atoms with van der Waals surface area (Å²) in [7, 11) is 12.8. The molecular formula is C38H36B2N2O6. The molecule has 0 spiro atoms. The molecule has 8 nitrogen and oxygen atoms in total. The molecule has 0 fully saturated rings. The maximum absolute atomic E-state index is 11.6. The van der Waals surface area contributed by atoms with Crippen LogP contribution in [0, 0.1) is 27.7 Å². The third kappa shape index (κ3) is 3.98. The van der Waals surface area contributed by atoms with Crippen LogP contribution in [-0.4, -0.2) is 55.5 Å². The van der Waals surface area contributed by atoms with Crippen molar-refractivity contribution in [2.75, 3.05) is 0 Å². The average Bonchev–Trinajstić information content (AvgIpc) is 3.60. The van der Waals surface area contributed by atoms with Crippen LogP contribution in [0.1, 0.15) is 66.3 Å². The fraction of sp³-hybridized carbons (Fsp3) is 0.263. The van der Waals surface area contributed by atoms with Gasteiger partial charge in [0.1, 0.15) is 32.7 Å². The number of fused-ring (bicyclic) bond motifs is 6. The van der Waals surface area contributed by atoms with Crippen LogP contribution in [0.15, 0.2) is 24.3 Å². The Labute approximate surface area is 280 Å². The van der Waals surface area contributed by atoms with Crippen molar-refractivity contribution < 1.29 is 30.6 Å². The third-order valence-electron chi connectivity index (χ3n) is 10.3. The molecule has 0 amide bonds. The molecule has 1 aliphatic rings. The zero-order valence-electron chi connectivity index (χ0n) is 28.0. The lowest BCUT2D eigenvalue weighted by molar-refractivity contribution is 0.397. The summed E-state index contributed by atoms with van der Waals surface area (Å²) in [6.07, 6.45) is 2.71. The molecule has 1 aliphatic carbocycles. The standard InChI is InChI=1S/C38H36B2N2O6/c1-15-24-26-31(37(48)34(45)18(4)32(26)43)42(30(24)33(44)17(3)27(15)39)21-11-12-23-22(14-21)25-29(16(2)28(40)36(47)35(25)46)41(23)20-10-8-9-19(13-20)38(5,6)7/h8-10,13-14,43-48H,11-12H2,1-7H3. The normalized spacial score (nSPS) is 13.5. The summed E-state index contributed by atoms with van der Waals surface area (Å²) in [6, 6.07) is 8.19. The first kappa shape index (κ1) is 31.5. The average molecular weight is 638 g/mol. The lowest BCUT2D eigenvalue weighted by Crippen LogP contribution is -2.14. The van der Waals surface area contributed by atoms with Gasteiger partial charge in [-0.15, -0.1) is 0 Å². The van der Waals surface area contributed by atoms with Crippen LogP contribution < -0.4 is 10.9 Å². The number of rotatable bonds is 2. The fourth-order valence-electron chi connectivity index (χ4n) is 7.46. The van der Waals surface area contributed by atoms with Gasteiger partial charge in [-0.05, 0) is 91.9 Å². The molecule has 6 N–H and O–H groups in total. The SMILES string of the molecule is [B]c1c(C)c(O)c2c(c1C)c1c(O)c(C)c(O)c(O)c1n2C1=Cc2c(n(-c3cccc(C(C)(C)C)c3)c3c(C)c([B])c(O)c(O)c23)CC1. The molecule has 0 saturated heterocycles. The van der Waals surface area contributed by atoms with Crippen LogP contribution in [-0.2, 0) is 11.8 Å². The van der Waals surface area contributed by atoms with Crippen LogP contribution >= 0.6 is 0 Å². The van der Waals surface area contributed by atoms with E-state index in [2.05, 4.69) is 37.5 Å². The van der Waals surface area contributed by atoms with Crippen LogP contribution in [0.2, 0.25) is 0 Å². The van der Waals surface area contributed by atoms with E-state index in [1.165, 1.54) is 6.92 Å². The second-order valence-corrected chi connectivity index (χ2v) is 14.1. The maximum Gasteiger partial charge on any atom is 0.183 e. The zero-order valence-corrected chi connectivity index (χ0v) is 28.0. The number of hydrogen-bond donors (Lipinski definition) is 6. The molecule has 4 aromatic carbocycles. The Kier molecular flexibility index (Phi) is 6.69. The minimum atomic E-state index is -0.480. The Hall–Kier alpha value is -5.11. The highest BCUT2D eigenvalue weighted by Crippen LogP contribution is 2.53. The van der Waals surface area contributed by atoms with Crippen LogP contribution in [0.5, 0.6) is 34.5 Å². The van der Waals surface area contributed by atoms with Gasteiger partial charge >= 0.3 is 0 Å². The highest BCUT2D eigenvalue weighted by Gasteiger charge is 2.32. The number of aromatic hydroxyl groups is 6. The summed E-state index contributed by atoms with van der Waals surface area (Å²) >= 11 is 0. The van der Waals surface area contributed by atoms with Gasteiger partial charge in [0, 0.05) is 33.6 Å². The van der Waals surface area contributed by atoms with Crippen molar-refractivity contribution in [3.8, 4) is 40.2 Å². The molecule has 240 valence electrons. The van der Waals surface area contributed by atoms with Gasteiger partial charge in [-0.2, -0.15) is 0 Å². The highest BCUT2D eigenvalue weighted by atomic mass is 16.3.